The summed E-state index contributed by atoms with van der Waals surface area (Å²) in [6.07, 6.45) is 1.68. The summed E-state index contributed by atoms with van der Waals surface area (Å²) >= 11 is 5.80. The molecule has 0 bridgehead atoms. The van der Waals surface area contributed by atoms with Crippen molar-refractivity contribution >= 4 is 11.6 Å². The van der Waals surface area contributed by atoms with E-state index < -0.39 is 0 Å². The van der Waals surface area contributed by atoms with Gasteiger partial charge in [0.15, 0.2) is 0 Å². The first-order chi connectivity index (χ1) is 10.0. The van der Waals surface area contributed by atoms with Crippen LogP contribution in [0.1, 0.15) is 12.0 Å². The topological polar surface area (TPSA) is 44.5 Å². The summed E-state index contributed by atoms with van der Waals surface area (Å²) in [4.78, 5) is 4.61. The molecule has 0 aliphatic carbocycles. The van der Waals surface area contributed by atoms with Crippen molar-refractivity contribution < 1.29 is 4.39 Å². The maximum atomic E-state index is 14.0. The van der Waals surface area contributed by atoms with Crippen molar-refractivity contribution in [2.75, 3.05) is 33.7 Å². The first kappa shape index (κ1) is 16.6. The lowest BCUT2D eigenvalue weighted by atomic mass is 9.98. The van der Waals surface area contributed by atoms with Gasteiger partial charge >= 0.3 is 0 Å². The number of benzene rings is 1. The lowest BCUT2D eigenvalue weighted by Crippen LogP contribution is -2.55. The number of hydrazine groups is 1. The number of nitrogens with one attached hydrogen (secondary N) is 1. The molecule has 1 aromatic rings. The minimum Gasteiger partial charge on any atom is -0.305 e. The van der Waals surface area contributed by atoms with E-state index in [4.69, 9.17) is 17.4 Å². The van der Waals surface area contributed by atoms with Crippen LogP contribution in [0.5, 0.6) is 0 Å². The van der Waals surface area contributed by atoms with Crippen LogP contribution < -0.4 is 11.3 Å². The Balaban J connectivity index is 2.14. The molecule has 0 amide bonds. The molecule has 6 heteroatoms. The third kappa shape index (κ3) is 4.37. The zero-order chi connectivity index (χ0) is 15.4. The first-order valence-corrected chi connectivity index (χ1v) is 7.68. The minimum atomic E-state index is -0.271. The Morgan fingerprint density at radius 2 is 2.19 bits per heavy atom. The molecule has 1 aromatic carbocycles. The van der Waals surface area contributed by atoms with Crippen molar-refractivity contribution in [2.24, 2.45) is 5.84 Å². The van der Waals surface area contributed by atoms with Crippen LogP contribution in [0.15, 0.2) is 18.2 Å². The van der Waals surface area contributed by atoms with Gasteiger partial charge in [-0.05, 0) is 57.7 Å². The van der Waals surface area contributed by atoms with Crippen LogP contribution >= 0.6 is 11.6 Å². The first-order valence-electron chi connectivity index (χ1n) is 7.30. The molecule has 118 valence electrons. The van der Waals surface area contributed by atoms with E-state index in [1.165, 1.54) is 6.07 Å². The minimum absolute atomic E-state index is 0.00812. The average molecular weight is 315 g/mol. The standard InChI is InChI=1S/C15H24ClFN4/c1-20-6-3-7-21(2)15(10-20)14(19-18)8-11-4-5-12(16)9-13(11)17/h4-5,9,14-15,19H,3,6-8,10,18H2,1-2H3. The molecule has 2 rings (SSSR count). The molecule has 3 N–H and O–H groups in total. The number of halogens is 2. The summed E-state index contributed by atoms with van der Waals surface area (Å²) in [6.45, 7) is 3.02. The Kier molecular flexibility index (Phi) is 5.96. The molecule has 1 heterocycles. The summed E-state index contributed by atoms with van der Waals surface area (Å²) in [5.74, 6) is 5.48. The van der Waals surface area contributed by atoms with E-state index in [0.717, 1.165) is 26.1 Å². The number of nitrogens with zero attached hydrogens (tertiary/aromatic N) is 2. The second kappa shape index (κ2) is 7.51. The lowest BCUT2D eigenvalue weighted by Gasteiger charge is -2.34. The highest BCUT2D eigenvalue weighted by Crippen LogP contribution is 2.19. The molecule has 1 aliphatic rings. The Hall–Kier alpha value is -0.720. The van der Waals surface area contributed by atoms with Crippen molar-refractivity contribution in [1.82, 2.24) is 15.2 Å². The smallest absolute Gasteiger partial charge is 0.127 e. The number of nitrogens with two attached hydrogens (primary N) is 1. The van der Waals surface area contributed by atoms with Gasteiger partial charge in [0.1, 0.15) is 5.82 Å². The second-order valence-corrected chi connectivity index (χ2v) is 6.31. The molecule has 1 fully saturated rings. The van der Waals surface area contributed by atoms with Gasteiger partial charge in [0.25, 0.3) is 0 Å². The van der Waals surface area contributed by atoms with Crippen molar-refractivity contribution in [3.8, 4) is 0 Å². The van der Waals surface area contributed by atoms with E-state index in [1.807, 2.05) is 0 Å². The highest BCUT2D eigenvalue weighted by atomic mass is 35.5. The van der Waals surface area contributed by atoms with Crippen LogP contribution in [0.2, 0.25) is 5.02 Å². The monoisotopic (exact) mass is 314 g/mol. The molecule has 2 atom stereocenters. The number of rotatable bonds is 4. The van der Waals surface area contributed by atoms with Crippen LogP contribution in [0.4, 0.5) is 4.39 Å². The predicted octanol–water partition coefficient (Wildman–Crippen LogP) is 1.49. The summed E-state index contributed by atoms with van der Waals surface area (Å²) in [6, 6.07) is 5.05. The highest BCUT2D eigenvalue weighted by Gasteiger charge is 2.28. The fraction of sp³-hybridized carbons (Fsp3) is 0.600. The van der Waals surface area contributed by atoms with E-state index in [9.17, 15) is 4.39 Å². The molecular formula is C15H24ClFN4. The Bertz CT molecular complexity index is 471. The van der Waals surface area contributed by atoms with E-state index in [0.29, 0.717) is 17.0 Å². The van der Waals surface area contributed by atoms with Crippen molar-refractivity contribution in [2.45, 2.75) is 24.9 Å². The van der Waals surface area contributed by atoms with Gasteiger partial charge in [0.05, 0.1) is 0 Å². The van der Waals surface area contributed by atoms with Crippen molar-refractivity contribution in [3.05, 3.63) is 34.6 Å². The molecule has 21 heavy (non-hydrogen) atoms. The summed E-state index contributed by atoms with van der Waals surface area (Å²) in [7, 11) is 4.22. The number of hydrogen-bond donors (Lipinski definition) is 2. The molecule has 0 spiro atoms. The molecule has 2 unspecified atom stereocenters. The summed E-state index contributed by atoms with van der Waals surface area (Å²) in [5.41, 5.74) is 3.51. The molecule has 4 nitrogen and oxygen atoms in total. The molecule has 1 aliphatic heterocycles. The van der Waals surface area contributed by atoms with Gasteiger partial charge in [-0.25, -0.2) is 4.39 Å². The Morgan fingerprint density at radius 3 is 2.86 bits per heavy atom. The predicted molar refractivity (Wildman–Crippen MR) is 84.8 cm³/mol. The molecule has 0 radical (unpaired) electrons. The zero-order valence-corrected chi connectivity index (χ0v) is 13.4. The van der Waals surface area contributed by atoms with Crippen LogP contribution in [-0.4, -0.2) is 55.6 Å². The van der Waals surface area contributed by atoms with Gasteiger partial charge in [-0.2, -0.15) is 0 Å². The SMILES string of the molecule is CN1CCCN(C)C(C(Cc2ccc(Cl)cc2F)NN)C1. The fourth-order valence-electron chi connectivity index (χ4n) is 2.97. The van der Waals surface area contributed by atoms with Crippen molar-refractivity contribution in [1.29, 1.82) is 0 Å². The number of likely N-dealkylation sites (N-methyl/N-ethyl adjacent to an activating group) is 2. The average Bonchev–Trinajstić information content (AvgIpc) is 2.60. The highest BCUT2D eigenvalue weighted by molar-refractivity contribution is 6.30. The molecule has 1 saturated heterocycles. The van der Waals surface area contributed by atoms with Crippen molar-refractivity contribution in [3.63, 3.8) is 0 Å². The Morgan fingerprint density at radius 1 is 1.43 bits per heavy atom. The van der Waals surface area contributed by atoms with Gasteiger partial charge in [-0.3, -0.25) is 11.3 Å². The van der Waals surface area contributed by atoms with Gasteiger partial charge in [0, 0.05) is 23.7 Å². The van der Waals surface area contributed by atoms with E-state index in [1.54, 1.807) is 12.1 Å². The quantitative estimate of drug-likeness (QED) is 0.653. The molecule has 0 saturated carbocycles. The third-order valence-corrected chi connectivity index (χ3v) is 4.48. The van der Waals surface area contributed by atoms with Gasteiger partial charge in [0.2, 0.25) is 0 Å². The van der Waals surface area contributed by atoms with E-state index in [-0.39, 0.29) is 17.9 Å². The largest absolute Gasteiger partial charge is 0.305 e. The van der Waals surface area contributed by atoms with E-state index >= 15 is 0 Å². The molecule has 0 aromatic heterocycles. The van der Waals surface area contributed by atoms with Gasteiger partial charge in [-0.15, -0.1) is 0 Å². The summed E-state index contributed by atoms with van der Waals surface area (Å²) < 4.78 is 14.0. The van der Waals surface area contributed by atoms with Crippen LogP contribution in [0.25, 0.3) is 0 Å². The van der Waals surface area contributed by atoms with E-state index in [2.05, 4.69) is 29.3 Å². The second-order valence-electron chi connectivity index (χ2n) is 5.88. The van der Waals surface area contributed by atoms with Gasteiger partial charge < -0.3 is 9.80 Å². The maximum absolute atomic E-state index is 14.0. The lowest BCUT2D eigenvalue weighted by molar-refractivity contribution is 0.177. The third-order valence-electron chi connectivity index (χ3n) is 4.25. The maximum Gasteiger partial charge on any atom is 0.127 e. The fourth-order valence-corrected chi connectivity index (χ4v) is 3.13. The Labute approximate surface area is 131 Å². The normalized spacial score (nSPS) is 23.0. The van der Waals surface area contributed by atoms with Crippen LogP contribution in [-0.2, 0) is 6.42 Å². The molecular weight excluding hydrogens is 291 g/mol. The zero-order valence-electron chi connectivity index (χ0n) is 12.6. The number of hydrogen-bond acceptors (Lipinski definition) is 4. The van der Waals surface area contributed by atoms with Crippen LogP contribution in [0.3, 0.4) is 0 Å². The van der Waals surface area contributed by atoms with Crippen LogP contribution in [0, 0.1) is 5.82 Å². The summed E-state index contributed by atoms with van der Waals surface area (Å²) in [5, 5.41) is 0.417. The van der Waals surface area contributed by atoms with Gasteiger partial charge in [-0.1, -0.05) is 17.7 Å².